The van der Waals surface area contributed by atoms with Crippen molar-refractivity contribution in [3.63, 3.8) is 0 Å². The van der Waals surface area contributed by atoms with E-state index >= 15 is 0 Å². The summed E-state index contributed by atoms with van der Waals surface area (Å²) in [4.78, 5) is 11.0. The molecule has 5 rings (SSSR count). The molecule has 2 aliphatic rings. The van der Waals surface area contributed by atoms with Crippen molar-refractivity contribution in [2.75, 3.05) is 5.32 Å². The van der Waals surface area contributed by atoms with Crippen molar-refractivity contribution in [2.45, 2.75) is 106 Å². The zero-order valence-electron chi connectivity index (χ0n) is 25.9. The number of anilines is 1. The van der Waals surface area contributed by atoms with Gasteiger partial charge < -0.3 is 14.8 Å². The van der Waals surface area contributed by atoms with E-state index in [2.05, 4.69) is 88.0 Å². The third-order valence-electron chi connectivity index (χ3n) is 9.44. The normalized spacial score (nSPS) is 27.0. The van der Waals surface area contributed by atoms with E-state index in [1.54, 1.807) is 11.3 Å². The lowest BCUT2D eigenvalue weighted by Gasteiger charge is -2.39. The molecule has 2 aliphatic carbocycles. The second-order valence-electron chi connectivity index (χ2n) is 13.5. The molecule has 0 amide bonds. The summed E-state index contributed by atoms with van der Waals surface area (Å²) in [6.07, 6.45) is 7.64. The quantitative estimate of drug-likeness (QED) is 0.249. The number of rotatable bonds is 9. The molecular formula is C34H48ClN3O2S. The number of nitrogens with zero attached hydrogens (tertiary/aromatic N) is 2. The van der Waals surface area contributed by atoms with Crippen LogP contribution in [0.1, 0.15) is 90.5 Å². The first-order chi connectivity index (χ1) is 19.6. The SMILES string of the molecule is Cc1cc2c(NCc3ccc(OC4CC(C)CCC4C(C)C)c(OC4CC(C)CCC4C(C)C)c3)nc(Cl)nc2s1. The van der Waals surface area contributed by atoms with Gasteiger partial charge in [-0.3, -0.25) is 0 Å². The van der Waals surface area contributed by atoms with Gasteiger partial charge in [-0.15, -0.1) is 11.3 Å². The molecule has 6 unspecified atom stereocenters. The molecule has 2 heterocycles. The Kier molecular flexibility index (Phi) is 9.70. The zero-order valence-corrected chi connectivity index (χ0v) is 27.4. The smallest absolute Gasteiger partial charge is 0.225 e. The summed E-state index contributed by atoms with van der Waals surface area (Å²) in [5, 5.41) is 4.80. The number of ether oxygens (including phenoxy) is 2. The molecule has 0 saturated heterocycles. The molecule has 6 atom stereocenters. The van der Waals surface area contributed by atoms with Gasteiger partial charge in [-0.1, -0.05) is 60.5 Å². The fraction of sp³-hybridized carbons (Fsp3) is 0.647. The lowest BCUT2D eigenvalue weighted by molar-refractivity contribution is 0.0265. The van der Waals surface area contributed by atoms with Crippen LogP contribution in [-0.2, 0) is 6.54 Å². The first-order valence-corrected chi connectivity index (χ1v) is 16.9. The van der Waals surface area contributed by atoms with Crippen LogP contribution in [0.15, 0.2) is 24.3 Å². The molecule has 0 aliphatic heterocycles. The highest BCUT2D eigenvalue weighted by Crippen LogP contribution is 2.42. The standard InChI is InChI=1S/C34H48ClN3O2S/c1-19(2)25-11-8-21(5)14-29(25)39-28-13-10-24(17-31(28)40-30-15-22(6)9-12-26(30)20(3)4)18-36-32-27-16-23(7)41-33(27)38-34(35)37-32/h10,13,16-17,19-22,25-26,29-30H,8-9,11-12,14-15,18H2,1-7H3,(H,36,37,38). The summed E-state index contributed by atoms with van der Waals surface area (Å²) >= 11 is 7.90. The molecule has 0 radical (unpaired) electrons. The van der Waals surface area contributed by atoms with Gasteiger partial charge in [0.15, 0.2) is 11.5 Å². The van der Waals surface area contributed by atoms with E-state index in [9.17, 15) is 0 Å². The topological polar surface area (TPSA) is 56.3 Å². The predicted molar refractivity (Wildman–Crippen MR) is 172 cm³/mol. The highest BCUT2D eigenvalue weighted by atomic mass is 35.5. The minimum absolute atomic E-state index is 0.199. The number of hydrogen-bond donors (Lipinski definition) is 1. The number of halogens is 1. The third kappa shape index (κ3) is 7.30. The van der Waals surface area contributed by atoms with Gasteiger partial charge in [-0.25, -0.2) is 9.97 Å². The minimum atomic E-state index is 0.199. The molecule has 2 aromatic heterocycles. The lowest BCUT2D eigenvalue weighted by atomic mass is 9.75. The molecule has 224 valence electrons. The molecule has 1 N–H and O–H groups in total. The maximum absolute atomic E-state index is 6.98. The van der Waals surface area contributed by atoms with E-state index in [0.29, 0.717) is 42.1 Å². The molecule has 0 spiro atoms. The lowest BCUT2D eigenvalue weighted by Crippen LogP contribution is -2.38. The summed E-state index contributed by atoms with van der Waals surface area (Å²) in [5.74, 6) is 6.20. The summed E-state index contributed by atoms with van der Waals surface area (Å²) in [6.45, 7) is 16.8. The molecule has 3 aromatic rings. The Labute approximate surface area is 255 Å². The van der Waals surface area contributed by atoms with Crippen LogP contribution >= 0.6 is 22.9 Å². The number of aryl methyl sites for hydroxylation is 1. The number of benzene rings is 1. The molecule has 2 fully saturated rings. The first-order valence-electron chi connectivity index (χ1n) is 15.7. The summed E-state index contributed by atoms with van der Waals surface area (Å²) in [7, 11) is 0. The van der Waals surface area contributed by atoms with Crippen LogP contribution in [0, 0.1) is 42.4 Å². The molecule has 0 bridgehead atoms. The Bertz CT molecular complexity index is 1320. The highest BCUT2D eigenvalue weighted by Gasteiger charge is 2.35. The average molecular weight is 598 g/mol. The van der Waals surface area contributed by atoms with E-state index in [0.717, 1.165) is 45.9 Å². The molecule has 41 heavy (non-hydrogen) atoms. The van der Waals surface area contributed by atoms with Crippen LogP contribution < -0.4 is 14.8 Å². The third-order valence-corrected chi connectivity index (χ3v) is 10.5. The number of aromatic nitrogens is 2. The molecular weight excluding hydrogens is 550 g/mol. The predicted octanol–water partition coefficient (Wildman–Crippen LogP) is 9.94. The second-order valence-corrected chi connectivity index (χ2v) is 15.1. The monoisotopic (exact) mass is 597 g/mol. The summed E-state index contributed by atoms with van der Waals surface area (Å²) in [5.41, 5.74) is 1.13. The van der Waals surface area contributed by atoms with Gasteiger partial charge in [0, 0.05) is 11.4 Å². The van der Waals surface area contributed by atoms with Crippen molar-refractivity contribution in [1.82, 2.24) is 9.97 Å². The van der Waals surface area contributed by atoms with Crippen LogP contribution in [0.5, 0.6) is 11.5 Å². The van der Waals surface area contributed by atoms with Gasteiger partial charge in [0.05, 0.1) is 5.39 Å². The average Bonchev–Trinajstić information content (AvgIpc) is 3.28. The highest BCUT2D eigenvalue weighted by molar-refractivity contribution is 7.18. The Morgan fingerprint density at radius 3 is 2.10 bits per heavy atom. The number of thiophene rings is 1. The second kappa shape index (κ2) is 13.1. The van der Waals surface area contributed by atoms with Crippen LogP contribution in [-0.4, -0.2) is 22.2 Å². The van der Waals surface area contributed by atoms with Crippen molar-refractivity contribution in [3.05, 3.63) is 40.0 Å². The van der Waals surface area contributed by atoms with Crippen molar-refractivity contribution >= 4 is 39.0 Å². The van der Waals surface area contributed by atoms with Crippen molar-refractivity contribution in [2.24, 2.45) is 35.5 Å². The van der Waals surface area contributed by atoms with Gasteiger partial charge >= 0.3 is 0 Å². The van der Waals surface area contributed by atoms with Crippen molar-refractivity contribution in [1.29, 1.82) is 0 Å². The molecule has 2 saturated carbocycles. The van der Waals surface area contributed by atoms with Gasteiger partial charge in [-0.05, 0) is 103 Å². The Hall–Kier alpha value is -2.05. The maximum atomic E-state index is 6.98. The molecule has 1 aromatic carbocycles. The molecule has 5 nitrogen and oxygen atoms in total. The van der Waals surface area contributed by atoms with E-state index in [4.69, 9.17) is 21.1 Å². The Morgan fingerprint density at radius 1 is 0.878 bits per heavy atom. The van der Waals surface area contributed by atoms with E-state index in [1.165, 1.54) is 30.6 Å². The van der Waals surface area contributed by atoms with Gasteiger partial charge in [0.25, 0.3) is 0 Å². The van der Waals surface area contributed by atoms with Gasteiger partial charge in [0.1, 0.15) is 22.9 Å². The van der Waals surface area contributed by atoms with Crippen LogP contribution in [0.2, 0.25) is 5.28 Å². The summed E-state index contributed by atoms with van der Waals surface area (Å²) < 4.78 is 13.9. The van der Waals surface area contributed by atoms with E-state index < -0.39 is 0 Å². The fourth-order valence-corrected chi connectivity index (χ4v) is 8.11. The summed E-state index contributed by atoms with van der Waals surface area (Å²) in [6, 6.07) is 8.61. The fourth-order valence-electron chi connectivity index (χ4n) is 7.01. The largest absolute Gasteiger partial charge is 0.486 e. The van der Waals surface area contributed by atoms with Gasteiger partial charge in [0.2, 0.25) is 5.28 Å². The first kappa shape index (κ1) is 30.4. The Balaban J connectivity index is 1.43. The Morgan fingerprint density at radius 2 is 1.49 bits per heavy atom. The van der Waals surface area contributed by atoms with Crippen LogP contribution in [0.4, 0.5) is 5.82 Å². The zero-order chi connectivity index (χ0) is 29.3. The number of fused-ring (bicyclic) bond motifs is 1. The van der Waals surface area contributed by atoms with E-state index in [1.807, 2.05) is 0 Å². The van der Waals surface area contributed by atoms with Gasteiger partial charge in [-0.2, -0.15) is 0 Å². The number of hydrogen-bond acceptors (Lipinski definition) is 6. The van der Waals surface area contributed by atoms with Crippen LogP contribution in [0.3, 0.4) is 0 Å². The maximum Gasteiger partial charge on any atom is 0.225 e. The van der Waals surface area contributed by atoms with Crippen molar-refractivity contribution in [3.8, 4) is 11.5 Å². The number of nitrogens with one attached hydrogen (secondary N) is 1. The van der Waals surface area contributed by atoms with E-state index in [-0.39, 0.29) is 17.5 Å². The van der Waals surface area contributed by atoms with Crippen molar-refractivity contribution < 1.29 is 9.47 Å². The molecule has 7 heteroatoms. The van der Waals surface area contributed by atoms with Crippen LogP contribution in [0.25, 0.3) is 10.2 Å². The minimum Gasteiger partial charge on any atom is -0.486 e.